The highest BCUT2D eigenvalue weighted by Crippen LogP contribution is 2.52. The maximum Gasteiger partial charge on any atom is 0.416 e. The van der Waals surface area contributed by atoms with Crippen molar-refractivity contribution in [2.24, 2.45) is 0 Å². The Labute approximate surface area is 154 Å². The van der Waals surface area contributed by atoms with Crippen LogP contribution in [0.15, 0.2) is 43.0 Å². The summed E-state index contributed by atoms with van der Waals surface area (Å²) in [5.41, 5.74) is 0.374. The number of hydrogen-bond acceptors (Lipinski definition) is 3. The Morgan fingerprint density at radius 2 is 2.04 bits per heavy atom. The minimum absolute atomic E-state index is 0.0596. The number of hydrogen-bond donors (Lipinski definition) is 0. The van der Waals surface area contributed by atoms with Crippen LogP contribution in [0.5, 0.6) is 0 Å². The zero-order valence-corrected chi connectivity index (χ0v) is 15.6. The molecule has 2 unspecified atom stereocenters. The molecule has 2 nitrogen and oxygen atoms in total. The molecule has 1 aromatic carbocycles. The van der Waals surface area contributed by atoms with Crippen LogP contribution >= 0.6 is 23.5 Å². The first-order valence-electron chi connectivity index (χ1n) is 8.34. The van der Waals surface area contributed by atoms with Crippen molar-refractivity contribution < 1.29 is 13.2 Å². The summed E-state index contributed by atoms with van der Waals surface area (Å²) < 4.78 is 40.2. The van der Waals surface area contributed by atoms with E-state index in [2.05, 4.69) is 16.5 Å². The summed E-state index contributed by atoms with van der Waals surface area (Å²) in [5, 5.41) is 0.640. The normalized spacial score (nSPS) is 23.9. The molecule has 0 aliphatic carbocycles. The molecule has 2 atom stereocenters. The van der Waals surface area contributed by atoms with Gasteiger partial charge in [0.25, 0.3) is 0 Å². The first-order valence-corrected chi connectivity index (χ1v) is 10.2. The molecule has 1 saturated heterocycles. The summed E-state index contributed by atoms with van der Waals surface area (Å²) in [4.78, 5) is 4.12. The second-order valence-electron chi connectivity index (χ2n) is 6.30. The lowest BCUT2D eigenvalue weighted by molar-refractivity contribution is -0.137. The summed E-state index contributed by atoms with van der Waals surface area (Å²) >= 11 is 4.00. The standard InChI is InChI=1S/C18H21F3N2S2/c1-2-16-11-24-17(25-16,12-23-10-9-22-13-23)8-7-14-3-5-15(6-4-14)18(19,20)21/h3-6,9-10,13,16H,2,7-8,11-12H2,1H3. The molecule has 0 saturated carbocycles. The number of nitrogens with zero attached hydrogens (tertiary/aromatic N) is 2. The Morgan fingerprint density at radius 1 is 1.28 bits per heavy atom. The minimum Gasteiger partial charge on any atom is -0.335 e. The average Bonchev–Trinajstić information content (AvgIpc) is 3.23. The van der Waals surface area contributed by atoms with E-state index in [1.807, 2.05) is 36.0 Å². The molecular weight excluding hydrogens is 365 g/mol. The van der Waals surface area contributed by atoms with Gasteiger partial charge in [-0.15, -0.1) is 23.5 Å². The molecule has 1 aromatic heterocycles. The van der Waals surface area contributed by atoms with Gasteiger partial charge in [-0.25, -0.2) is 4.98 Å². The van der Waals surface area contributed by atoms with Crippen molar-refractivity contribution in [3.63, 3.8) is 0 Å². The second-order valence-corrected chi connectivity index (χ2v) is 9.65. The lowest BCUT2D eigenvalue weighted by atomic mass is 10.1. The van der Waals surface area contributed by atoms with Crippen molar-refractivity contribution in [2.45, 2.75) is 48.2 Å². The molecule has 25 heavy (non-hydrogen) atoms. The quantitative estimate of drug-likeness (QED) is 0.654. The third-order valence-corrected chi connectivity index (χ3v) is 8.31. The number of aromatic nitrogens is 2. The first-order chi connectivity index (χ1) is 11.9. The number of aryl methyl sites for hydroxylation is 1. The number of rotatable bonds is 6. The van der Waals surface area contributed by atoms with Crippen LogP contribution in [0, 0.1) is 0 Å². The number of thioether (sulfide) groups is 2. The van der Waals surface area contributed by atoms with E-state index in [0.717, 1.165) is 37.1 Å². The molecule has 0 amide bonds. The molecule has 1 aliphatic heterocycles. The lowest BCUT2D eigenvalue weighted by Gasteiger charge is -2.28. The van der Waals surface area contributed by atoms with Crippen molar-refractivity contribution >= 4 is 23.5 Å². The topological polar surface area (TPSA) is 17.8 Å². The lowest BCUT2D eigenvalue weighted by Crippen LogP contribution is -2.25. The van der Waals surface area contributed by atoms with Crippen LogP contribution < -0.4 is 0 Å². The number of imidazole rings is 1. The highest BCUT2D eigenvalue weighted by atomic mass is 32.2. The summed E-state index contributed by atoms with van der Waals surface area (Å²) in [6.45, 7) is 3.08. The van der Waals surface area contributed by atoms with Crippen LogP contribution in [0.25, 0.3) is 0 Å². The summed E-state index contributed by atoms with van der Waals surface area (Å²) in [6, 6.07) is 5.58. The van der Waals surface area contributed by atoms with Crippen LogP contribution in [0.4, 0.5) is 13.2 Å². The van der Waals surface area contributed by atoms with E-state index in [1.165, 1.54) is 12.1 Å². The molecule has 2 aromatic rings. The van der Waals surface area contributed by atoms with Gasteiger partial charge in [-0.05, 0) is 37.0 Å². The molecule has 0 N–H and O–H groups in total. The van der Waals surface area contributed by atoms with E-state index < -0.39 is 11.7 Å². The van der Waals surface area contributed by atoms with E-state index in [9.17, 15) is 13.2 Å². The largest absolute Gasteiger partial charge is 0.416 e. The van der Waals surface area contributed by atoms with Gasteiger partial charge >= 0.3 is 6.18 Å². The Bertz CT molecular complexity index is 671. The van der Waals surface area contributed by atoms with Gasteiger partial charge in [0.05, 0.1) is 16.0 Å². The molecule has 7 heteroatoms. The third-order valence-electron chi connectivity index (χ3n) is 4.43. The van der Waals surface area contributed by atoms with E-state index in [-0.39, 0.29) is 4.08 Å². The monoisotopic (exact) mass is 386 g/mol. The predicted octanol–water partition coefficient (Wildman–Crippen LogP) is 5.49. The predicted molar refractivity (Wildman–Crippen MR) is 98.9 cm³/mol. The molecule has 1 aliphatic rings. The van der Waals surface area contributed by atoms with Crippen molar-refractivity contribution in [2.75, 3.05) is 5.75 Å². The molecule has 1 fully saturated rings. The van der Waals surface area contributed by atoms with Gasteiger partial charge in [0, 0.05) is 29.9 Å². The van der Waals surface area contributed by atoms with Gasteiger partial charge in [0.15, 0.2) is 0 Å². The van der Waals surface area contributed by atoms with Crippen molar-refractivity contribution in [3.05, 3.63) is 54.1 Å². The Morgan fingerprint density at radius 3 is 2.60 bits per heavy atom. The van der Waals surface area contributed by atoms with Gasteiger partial charge in [0.1, 0.15) is 0 Å². The zero-order valence-electron chi connectivity index (χ0n) is 14.0. The fourth-order valence-corrected chi connectivity index (χ4v) is 6.76. The van der Waals surface area contributed by atoms with Gasteiger partial charge in [-0.2, -0.15) is 13.2 Å². The average molecular weight is 387 g/mol. The maximum atomic E-state index is 12.7. The van der Waals surface area contributed by atoms with Crippen LogP contribution in [0.1, 0.15) is 30.9 Å². The minimum atomic E-state index is -4.27. The van der Waals surface area contributed by atoms with Crippen LogP contribution in [-0.2, 0) is 19.1 Å². The Kier molecular flexibility index (Phi) is 5.73. The summed E-state index contributed by atoms with van der Waals surface area (Å²) in [5.74, 6) is 1.13. The maximum absolute atomic E-state index is 12.7. The number of benzene rings is 1. The van der Waals surface area contributed by atoms with Gasteiger partial charge < -0.3 is 4.57 Å². The van der Waals surface area contributed by atoms with Crippen LogP contribution in [0.2, 0.25) is 0 Å². The molecule has 0 bridgehead atoms. The summed E-state index contributed by atoms with van der Waals surface area (Å²) in [7, 11) is 0. The second kappa shape index (κ2) is 7.66. The summed E-state index contributed by atoms with van der Waals surface area (Å²) in [6.07, 6.45) is 4.17. The van der Waals surface area contributed by atoms with E-state index in [0.29, 0.717) is 5.25 Å². The van der Waals surface area contributed by atoms with Gasteiger partial charge in [-0.3, -0.25) is 0 Å². The fourth-order valence-electron chi connectivity index (χ4n) is 2.96. The Balaban J connectivity index is 1.68. The van der Waals surface area contributed by atoms with Crippen LogP contribution in [-0.4, -0.2) is 24.6 Å². The van der Waals surface area contributed by atoms with Crippen molar-refractivity contribution in [1.82, 2.24) is 9.55 Å². The highest BCUT2D eigenvalue weighted by molar-refractivity contribution is 8.21. The molecule has 3 rings (SSSR count). The van der Waals surface area contributed by atoms with Crippen molar-refractivity contribution in [1.29, 1.82) is 0 Å². The third kappa shape index (κ3) is 4.76. The van der Waals surface area contributed by atoms with E-state index in [1.54, 1.807) is 18.3 Å². The SMILES string of the molecule is CCC1CSC(CCc2ccc(C(F)(F)F)cc2)(Cn2ccnc2)S1. The van der Waals surface area contributed by atoms with Crippen LogP contribution in [0.3, 0.4) is 0 Å². The molecule has 2 heterocycles. The molecule has 136 valence electrons. The smallest absolute Gasteiger partial charge is 0.335 e. The fraction of sp³-hybridized carbons (Fsp3) is 0.500. The van der Waals surface area contributed by atoms with Gasteiger partial charge in [-0.1, -0.05) is 19.1 Å². The molecule has 0 radical (unpaired) electrons. The van der Waals surface area contributed by atoms with E-state index >= 15 is 0 Å². The highest BCUT2D eigenvalue weighted by Gasteiger charge is 2.40. The van der Waals surface area contributed by atoms with Crippen molar-refractivity contribution in [3.8, 4) is 0 Å². The number of alkyl halides is 3. The van der Waals surface area contributed by atoms with Gasteiger partial charge in [0.2, 0.25) is 0 Å². The zero-order chi connectivity index (χ0) is 17.9. The number of halogens is 3. The first kappa shape index (κ1) is 18.7. The molecular formula is C18H21F3N2S2. The Hall–Kier alpha value is -1.08. The molecule has 0 spiro atoms. The van der Waals surface area contributed by atoms with E-state index in [4.69, 9.17) is 0 Å².